The molecule has 98 valence electrons. The number of hydrogen-bond donors (Lipinski definition) is 1. The van der Waals surface area contributed by atoms with Crippen LogP contribution in [0.5, 0.6) is 0 Å². The number of benzene rings is 2. The molecule has 0 aliphatic heterocycles. The molecule has 2 nitrogen and oxygen atoms in total. The molecular weight excluding hydrogens is 305 g/mol. The normalized spacial score (nSPS) is 10.3. The van der Waals surface area contributed by atoms with E-state index in [9.17, 15) is 4.79 Å². The summed E-state index contributed by atoms with van der Waals surface area (Å²) in [5.74, 6) is 0. The Hall–Kier alpha value is -1.22. The van der Waals surface area contributed by atoms with Crippen LogP contribution in [0.2, 0.25) is 10.0 Å². The van der Waals surface area contributed by atoms with E-state index < -0.39 is 5.24 Å². The molecule has 0 heterocycles. The Morgan fingerprint density at radius 1 is 1.00 bits per heavy atom. The first-order valence-electron chi connectivity index (χ1n) is 5.55. The van der Waals surface area contributed by atoms with Gasteiger partial charge in [0.1, 0.15) is 0 Å². The zero-order chi connectivity index (χ0) is 13.8. The van der Waals surface area contributed by atoms with Crippen LogP contribution in [0.1, 0.15) is 5.56 Å². The molecule has 0 radical (unpaired) electrons. The van der Waals surface area contributed by atoms with Crippen molar-refractivity contribution in [3.05, 3.63) is 58.1 Å². The van der Waals surface area contributed by atoms with Gasteiger partial charge in [-0.05, 0) is 35.4 Å². The average molecular weight is 315 g/mol. The Morgan fingerprint density at radius 2 is 1.63 bits per heavy atom. The Bertz CT molecular complexity index is 593. The first kappa shape index (κ1) is 14.2. The molecule has 2 rings (SSSR count). The van der Waals surface area contributed by atoms with Gasteiger partial charge in [0, 0.05) is 12.1 Å². The molecule has 0 saturated carbocycles. The van der Waals surface area contributed by atoms with Crippen molar-refractivity contribution >= 4 is 51.4 Å². The summed E-state index contributed by atoms with van der Waals surface area (Å²) in [5.41, 5.74) is 2.16. The number of rotatable bonds is 4. The van der Waals surface area contributed by atoms with E-state index in [1.54, 1.807) is 18.2 Å². The van der Waals surface area contributed by atoms with Crippen molar-refractivity contribution in [3.63, 3.8) is 0 Å². The van der Waals surface area contributed by atoms with Gasteiger partial charge in [0.15, 0.2) is 0 Å². The van der Waals surface area contributed by atoms with Crippen molar-refractivity contribution in [2.24, 2.45) is 0 Å². The lowest BCUT2D eigenvalue weighted by Crippen LogP contribution is -2.00. The van der Waals surface area contributed by atoms with E-state index in [0.717, 1.165) is 11.3 Å². The average Bonchev–Trinajstić information content (AvgIpc) is 2.35. The van der Waals surface area contributed by atoms with Crippen LogP contribution in [0.3, 0.4) is 0 Å². The smallest absolute Gasteiger partial charge is 0.226 e. The standard InChI is InChI=1S/C14H10Cl3NO/c15-10-5-3-6-11(16)14(10)18-12-7-2-1-4-9(12)8-13(17)19/h1-7,18H,8H2. The van der Waals surface area contributed by atoms with Crippen molar-refractivity contribution in [3.8, 4) is 0 Å². The quantitative estimate of drug-likeness (QED) is 0.801. The van der Waals surface area contributed by atoms with E-state index in [1.807, 2.05) is 24.3 Å². The molecule has 0 saturated heterocycles. The maximum Gasteiger partial charge on any atom is 0.226 e. The van der Waals surface area contributed by atoms with Crippen molar-refractivity contribution in [1.82, 2.24) is 0 Å². The van der Waals surface area contributed by atoms with E-state index in [0.29, 0.717) is 15.7 Å². The fraction of sp³-hybridized carbons (Fsp3) is 0.0714. The molecule has 0 unspecified atom stereocenters. The molecule has 0 aromatic heterocycles. The molecule has 0 atom stereocenters. The third-order valence-corrected chi connectivity index (χ3v) is 3.33. The molecule has 0 bridgehead atoms. The van der Waals surface area contributed by atoms with Gasteiger partial charge >= 0.3 is 0 Å². The molecule has 0 spiro atoms. The number of carbonyl (C=O) groups excluding carboxylic acids is 1. The maximum absolute atomic E-state index is 11.0. The number of carbonyl (C=O) groups is 1. The second-order valence-corrected chi connectivity index (χ2v) is 5.15. The zero-order valence-corrected chi connectivity index (χ0v) is 12.1. The van der Waals surface area contributed by atoms with Crippen LogP contribution in [0.25, 0.3) is 0 Å². The molecule has 0 aliphatic carbocycles. The monoisotopic (exact) mass is 313 g/mol. The lowest BCUT2D eigenvalue weighted by atomic mass is 10.1. The lowest BCUT2D eigenvalue weighted by molar-refractivity contribution is -0.111. The van der Waals surface area contributed by atoms with Crippen LogP contribution in [0.15, 0.2) is 42.5 Å². The third kappa shape index (κ3) is 3.63. The molecule has 0 amide bonds. The second kappa shape index (κ2) is 6.29. The topological polar surface area (TPSA) is 29.1 Å². The summed E-state index contributed by atoms with van der Waals surface area (Å²) in [4.78, 5) is 11.0. The minimum atomic E-state index is -0.417. The summed E-state index contributed by atoms with van der Waals surface area (Å²) in [6.45, 7) is 0. The van der Waals surface area contributed by atoms with E-state index in [4.69, 9.17) is 34.8 Å². The fourth-order valence-electron chi connectivity index (χ4n) is 1.70. The number of halogens is 3. The Kier molecular flexibility index (Phi) is 4.70. The number of nitrogens with one attached hydrogen (secondary N) is 1. The summed E-state index contributed by atoms with van der Waals surface area (Å²) < 4.78 is 0. The highest BCUT2D eigenvalue weighted by Crippen LogP contribution is 2.33. The van der Waals surface area contributed by atoms with Gasteiger partial charge in [0.25, 0.3) is 0 Å². The van der Waals surface area contributed by atoms with Gasteiger partial charge in [-0.25, -0.2) is 0 Å². The highest BCUT2D eigenvalue weighted by atomic mass is 35.5. The van der Waals surface area contributed by atoms with Crippen LogP contribution >= 0.6 is 34.8 Å². The zero-order valence-electron chi connectivity index (χ0n) is 9.79. The minimum absolute atomic E-state index is 0.146. The van der Waals surface area contributed by atoms with Crippen LogP contribution < -0.4 is 5.32 Å². The summed E-state index contributed by atoms with van der Waals surface area (Å²) in [5, 5.41) is 3.75. The van der Waals surface area contributed by atoms with Crippen molar-refractivity contribution in [1.29, 1.82) is 0 Å². The first-order chi connectivity index (χ1) is 9.08. The van der Waals surface area contributed by atoms with Crippen LogP contribution in [-0.4, -0.2) is 5.24 Å². The summed E-state index contributed by atoms with van der Waals surface area (Å²) >= 11 is 17.6. The Labute approximate surface area is 126 Å². The molecule has 2 aromatic rings. The second-order valence-electron chi connectivity index (χ2n) is 3.91. The minimum Gasteiger partial charge on any atom is -0.353 e. The fourth-order valence-corrected chi connectivity index (χ4v) is 2.33. The van der Waals surface area contributed by atoms with Crippen LogP contribution in [0, 0.1) is 0 Å². The van der Waals surface area contributed by atoms with Gasteiger partial charge in [-0.15, -0.1) is 0 Å². The van der Waals surface area contributed by atoms with E-state index in [-0.39, 0.29) is 6.42 Å². The summed E-state index contributed by atoms with van der Waals surface area (Å²) in [6, 6.07) is 12.6. The number of para-hydroxylation sites is 2. The third-order valence-electron chi connectivity index (χ3n) is 2.57. The Balaban J connectivity index is 2.36. The highest BCUT2D eigenvalue weighted by molar-refractivity contribution is 6.63. The van der Waals surface area contributed by atoms with Gasteiger partial charge in [0.2, 0.25) is 5.24 Å². The predicted octanol–water partition coefficient (Wildman–Crippen LogP) is 5.04. The predicted molar refractivity (Wildman–Crippen MR) is 80.8 cm³/mol. The Morgan fingerprint density at radius 3 is 2.26 bits per heavy atom. The first-order valence-corrected chi connectivity index (χ1v) is 6.68. The SMILES string of the molecule is O=C(Cl)Cc1ccccc1Nc1c(Cl)cccc1Cl. The molecule has 19 heavy (non-hydrogen) atoms. The molecule has 1 N–H and O–H groups in total. The highest BCUT2D eigenvalue weighted by Gasteiger charge is 2.09. The number of anilines is 2. The number of hydrogen-bond acceptors (Lipinski definition) is 2. The van der Waals surface area contributed by atoms with Gasteiger partial charge in [-0.2, -0.15) is 0 Å². The van der Waals surface area contributed by atoms with Crippen molar-refractivity contribution in [2.75, 3.05) is 5.32 Å². The molecule has 0 aliphatic rings. The summed E-state index contributed by atoms with van der Waals surface area (Å²) in [6.07, 6.45) is 0.146. The van der Waals surface area contributed by atoms with Crippen molar-refractivity contribution in [2.45, 2.75) is 6.42 Å². The maximum atomic E-state index is 11.0. The lowest BCUT2D eigenvalue weighted by Gasteiger charge is -2.13. The molecule has 5 heteroatoms. The van der Waals surface area contributed by atoms with E-state index in [1.165, 1.54) is 0 Å². The molecule has 0 fully saturated rings. The van der Waals surface area contributed by atoms with E-state index >= 15 is 0 Å². The summed E-state index contributed by atoms with van der Waals surface area (Å²) in [7, 11) is 0. The molecule has 2 aromatic carbocycles. The van der Waals surface area contributed by atoms with Crippen LogP contribution in [-0.2, 0) is 11.2 Å². The van der Waals surface area contributed by atoms with Gasteiger partial charge in [-0.1, -0.05) is 47.5 Å². The van der Waals surface area contributed by atoms with Crippen LogP contribution in [0.4, 0.5) is 11.4 Å². The molecular formula is C14H10Cl3NO. The van der Waals surface area contributed by atoms with Crippen molar-refractivity contribution < 1.29 is 4.79 Å². The van der Waals surface area contributed by atoms with Gasteiger partial charge in [0.05, 0.1) is 15.7 Å². The van der Waals surface area contributed by atoms with E-state index in [2.05, 4.69) is 5.32 Å². The van der Waals surface area contributed by atoms with Gasteiger partial charge in [-0.3, -0.25) is 4.79 Å². The van der Waals surface area contributed by atoms with Gasteiger partial charge < -0.3 is 5.32 Å². The largest absolute Gasteiger partial charge is 0.353 e.